The van der Waals surface area contributed by atoms with Gasteiger partial charge in [0.2, 0.25) is 11.9 Å². The summed E-state index contributed by atoms with van der Waals surface area (Å²) in [6, 6.07) is 5.41. The van der Waals surface area contributed by atoms with Gasteiger partial charge in [-0.1, -0.05) is 24.4 Å². The summed E-state index contributed by atoms with van der Waals surface area (Å²) in [5, 5.41) is 6.75. The van der Waals surface area contributed by atoms with Crippen molar-refractivity contribution < 1.29 is 9.59 Å². The fourth-order valence-electron chi connectivity index (χ4n) is 5.53. The number of anilines is 4. The third-order valence-corrected chi connectivity index (χ3v) is 8.02. The number of nitrogens with one attached hydrogen (secondary N) is 2. The predicted molar refractivity (Wildman–Crippen MR) is 142 cm³/mol. The van der Waals surface area contributed by atoms with Crippen LogP contribution in [0.5, 0.6) is 0 Å². The average molecular weight is 512 g/mol. The number of halogens is 1. The summed E-state index contributed by atoms with van der Waals surface area (Å²) in [4.78, 5) is 41.0. The summed E-state index contributed by atoms with van der Waals surface area (Å²) in [7, 11) is 3.87. The molecule has 2 aromatic rings. The Kier molecular flexibility index (Phi) is 7.03. The van der Waals surface area contributed by atoms with E-state index in [1.165, 1.54) is 0 Å². The van der Waals surface area contributed by atoms with Gasteiger partial charge in [0.15, 0.2) is 5.82 Å². The molecule has 0 bridgehead atoms. The molecule has 192 valence electrons. The lowest BCUT2D eigenvalue weighted by atomic mass is 10.0. The monoisotopic (exact) mass is 511 g/mol. The molecule has 1 saturated heterocycles. The first-order valence-corrected chi connectivity index (χ1v) is 13.2. The fourth-order valence-corrected chi connectivity index (χ4v) is 5.75. The van der Waals surface area contributed by atoms with E-state index < -0.39 is 0 Å². The molecule has 2 amide bonds. The first-order chi connectivity index (χ1) is 17.3. The van der Waals surface area contributed by atoms with Crippen LogP contribution in [0.4, 0.5) is 23.1 Å². The van der Waals surface area contributed by atoms with Crippen molar-refractivity contribution >= 4 is 46.6 Å². The predicted octanol–water partition coefficient (Wildman–Crippen LogP) is 3.81. The largest absolute Gasteiger partial charge is 0.349 e. The number of fused-ring (bicyclic) bond motifs is 1. The second-order valence-corrected chi connectivity index (χ2v) is 10.6. The molecule has 10 heteroatoms. The van der Waals surface area contributed by atoms with E-state index >= 15 is 0 Å². The summed E-state index contributed by atoms with van der Waals surface area (Å²) >= 11 is 6.56. The number of aromatic nitrogens is 2. The quantitative estimate of drug-likeness (QED) is 0.630. The molecule has 2 aliphatic heterocycles. The molecule has 36 heavy (non-hydrogen) atoms. The molecule has 3 aliphatic rings. The molecule has 3 heterocycles. The van der Waals surface area contributed by atoms with Crippen LogP contribution in [0.15, 0.2) is 24.4 Å². The van der Waals surface area contributed by atoms with E-state index in [0.717, 1.165) is 57.4 Å². The van der Waals surface area contributed by atoms with Crippen molar-refractivity contribution in [1.29, 1.82) is 0 Å². The van der Waals surface area contributed by atoms with Gasteiger partial charge < -0.3 is 25.3 Å². The number of hydrogen-bond donors (Lipinski definition) is 2. The number of carbonyl (C=O) groups excluding carboxylic acids is 2. The van der Waals surface area contributed by atoms with Gasteiger partial charge in [-0.25, -0.2) is 4.98 Å². The van der Waals surface area contributed by atoms with E-state index in [1.807, 2.05) is 6.92 Å². The maximum Gasteiger partial charge on any atom is 0.251 e. The number of benzene rings is 1. The number of amides is 2. The topological polar surface area (TPSA) is 93.7 Å². The van der Waals surface area contributed by atoms with Crippen LogP contribution in [-0.4, -0.2) is 72.0 Å². The summed E-state index contributed by atoms with van der Waals surface area (Å²) < 4.78 is 0. The van der Waals surface area contributed by atoms with Crippen molar-refractivity contribution in [2.24, 2.45) is 0 Å². The second-order valence-electron chi connectivity index (χ2n) is 10.2. The number of carbonyl (C=O) groups is 2. The van der Waals surface area contributed by atoms with Crippen molar-refractivity contribution in [1.82, 2.24) is 20.2 Å². The van der Waals surface area contributed by atoms with Crippen molar-refractivity contribution in [3.05, 3.63) is 35.0 Å². The number of likely N-dealkylation sites (N-methyl/N-ethyl adjacent to an activating group) is 1. The third-order valence-electron chi connectivity index (χ3n) is 7.71. The van der Waals surface area contributed by atoms with Crippen LogP contribution in [-0.2, 0) is 4.79 Å². The first kappa shape index (κ1) is 24.8. The first-order valence-electron chi connectivity index (χ1n) is 12.8. The van der Waals surface area contributed by atoms with Gasteiger partial charge in [0.1, 0.15) is 11.7 Å². The number of rotatable bonds is 5. The van der Waals surface area contributed by atoms with E-state index in [-0.39, 0.29) is 23.9 Å². The molecule has 0 radical (unpaired) electrons. The van der Waals surface area contributed by atoms with Crippen LogP contribution < -0.4 is 20.4 Å². The highest BCUT2D eigenvalue weighted by Gasteiger charge is 2.39. The Morgan fingerprint density at radius 1 is 1.11 bits per heavy atom. The van der Waals surface area contributed by atoms with Gasteiger partial charge >= 0.3 is 0 Å². The molecule has 2 N–H and O–H groups in total. The Morgan fingerprint density at radius 2 is 1.83 bits per heavy atom. The Balaban J connectivity index is 1.34. The molecule has 1 aromatic carbocycles. The second kappa shape index (κ2) is 10.2. The van der Waals surface area contributed by atoms with Crippen molar-refractivity contribution in [3.63, 3.8) is 0 Å². The number of likely N-dealkylation sites (tertiary alicyclic amines) is 1. The highest BCUT2D eigenvalue weighted by Crippen LogP contribution is 2.39. The lowest BCUT2D eigenvalue weighted by Gasteiger charge is -2.42. The van der Waals surface area contributed by atoms with Gasteiger partial charge in [0.25, 0.3) is 5.91 Å². The highest BCUT2D eigenvalue weighted by molar-refractivity contribution is 6.33. The van der Waals surface area contributed by atoms with Crippen molar-refractivity contribution in [3.8, 4) is 0 Å². The van der Waals surface area contributed by atoms with E-state index in [1.54, 1.807) is 36.3 Å². The molecular formula is C26H34ClN7O2. The minimum atomic E-state index is -0.278. The number of nitrogens with zero attached hydrogens (tertiary/aromatic N) is 5. The zero-order valence-electron chi connectivity index (χ0n) is 21.1. The standard InChI is InChI=1S/C26H34ClN7O2/c1-16-25(36)33(3)22-15-28-26(31-23(22)34(16)19-6-4-5-7-19)30-21-9-8-17(14-20(21)27)24(35)29-18-10-12-32(2)13-11-18/h8-9,14-16,18-19H,4-7,10-13H2,1-3H3,(H,29,35)(H,28,30,31)/t16-/m1/s1. The van der Waals surface area contributed by atoms with Gasteiger partial charge in [-0.3, -0.25) is 9.59 Å². The average Bonchev–Trinajstić information content (AvgIpc) is 3.40. The molecule has 9 nitrogen and oxygen atoms in total. The SMILES string of the molecule is C[C@@H]1C(=O)N(C)c2cnc(Nc3ccc(C(=O)NC4CCN(C)CC4)cc3Cl)nc2N1C1CCCC1. The maximum absolute atomic E-state index is 12.9. The lowest BCUT2D eigenvalue weighted by Crippen LogP contribution is -2.54. The molecule has 1 saturated carbocycles. The van der Waals surface area contributed by atoms with Crippen LogP contribution in [0.1, 0.15) is 55.8 Å². The molecule has 1 aliphatic carbocycles. The van der Waals surface area contributed by atoms with Gasteiger partial charge in [-0.05, 0) is 70.9 Å². The van der Waals surface area contributed by atoms with Gasteiger partial charge in [0.05, 0.1) is 16.9 Å². The van der Waals surface area contributed by atoms with Crippen LogP contribution in [0.2, 0.25) is 5.02 Å². The van der Waals surface area contributed by atoms with Gasteiger partial charge in [-0.2, -0.15) is 4.98 Å². The smallest absolute Gasteiger partial charge is 0.251 e. The van der Waals surface area contributed by atoms with Crippen LogP contribution in [0.25, 0.3) is 0 Å². The Morgan fingerprint density at radius 3 is 2.53 bits per heavy atom. The molecular weight excluding hydrogens is 478 g/mol. The molecule has 1 atom stereocenters. The number of piperidine rings is 1. The summed E-state index contributed by atoms with van der Waals surface area (Å²) in [6.45, 7) is 3.91. The third kappa shape index (κ3) is 4.86. The summed E-state index contributed by atoms with van der Waals surface area (Å²) in [5.74, 6) is 1.10. The minimum Gasteiger partial charge on any atom is -0.349 e. The molecule has 2 fully saturated rings. The Hall–Kier alpha value is -2.91. The van der Waals surface area contributed by atoms with E-state index in [9.17, 15) is 9.59 Å². The molecule has 5 rings (SSSR count). The zero-order chi connectivity index (χ0) is 25.4. The zero-order valence-corrected chi connectivity index (χ0v) is 21.9. The molecule has 1 aromatic heterocycles. The van der Waals surface area contributed by atoms with E-state index in [2.05, 4.69) is 32.5 Å². The van der Waals surface area contributed by atoms with Gasteiger partial charge in [-0.15, -0.1) is 0 Å². The maximum atomic E-state index is 12.9. The molecule has 0 unspecified atom stereocenters. The lowest BCUT2D eigenvalue weighted by molar-refractivity contribution is -0.119. The number of hydrogen-bond acceptors (Lipinski definition) is 7. The normalized spacial score (nSPS) is 21.6. The van der Waals surface area contributed by atoms with Crippen molar-refractivity contribution in [2.75, 3.05) is 42.3 Å². The van der Waals surface area contributed by atoms with Crippen LogP contribution in [0.3, 0.4) is 0 Å². The summed E-state index contributed by atoms with van der Waals surface area (Å²) in [6.07, 6.45) is 8.02. The fraction of sp³-hybridized carbons (Fsp3) is 0.538. The van der Waals surface area contributed by atoms with E-state index in [4.69, 9.17) is 16.6 Å². The van der Waals surface area contributed by atoms with Crippen LogP contribution in [0, 0.1) is 0 Å². The highest BCUT2D eigenvalue weighted by atomic mass is 35.5. The van der Waals surface area contributed by atoms with Gasteiger partial charge in [0, 0.05) is 24.7 Å². The minimum absolute atomic E-state index is 0.0517. The van der Waals surface area contributed by atoms with E-state index in [0.29, 0.717) is 34.0 Å². The molecule has 0 spiro atoms. The Bertz CT molecular complexity index is 1150. The van der Waals surface area contributed by atoms with Crippen molar-refractivity contribution in [2.45, 2.75) is 63.6 Å². The van der Waals surface area contributed by atoms with Crippen LogP contribution >= 0.6 is 11.6 Å². The summed E-state index contributed by atoms with van der Waals surface area (Å²) in [5.41, 5.74) is 1.85. The Labute approximate surface area is 217 Å².